The van der Waals surface area contributed by atoms with Gasteiger partial charge in [-0.1, -0.05) is 29.8 Å². The van der Waals surface area contributed by atoms with E-state index in [4.69, 9.17) is 9.97 Å². The van der Waals surface area contributed by atoms with Crippen LogP contribution >= 0.6 is 0 Å². The lowest BCUT2D eigenvalue weighted by molar-refractivity contribution is -0.119. The molecule has 0 spiro atoms. The second-order valence-electron chi connectivity index (χ2n) is 8.99. The molecule has 1 atom stereocenters. The normalized spacial score (nSPS) is 18.0. The van der Waals surface area contributed by atoms with Crippen LogP contribution in [0.5, 0.6) is 0 Å². The summed E-state index contributed by atoms with van der Waals surface area (Å²) >= 11 is 0. The predicted octanol–water partition coefficient (Wildman–Crippen LogP) is 3.28. The number of rotatable bonds is 4. The fourth-order valence-corrected chi connectivity index (χ4v) is 4.77. The summed E-state index contributed by atoms with van der Waals surface area (Å²) in [4.78, 5) is 39.4. The number of nitrogens with zero attached hydrogens (tertiary/aromatic N) is 6. The lowest BCUT2D eigenvalue weighted by atomic mass is 10.0. The molecule has 0 radical (unpaired) electrons. The number of aryl methyl sites for hydroxylation is 3. The first-order chi connectivity index (χ1) is 15.9. The molecule has 2 amide bonds. The SMILES string of the molecule is Cc1ccc(CN2C(=O)CCc3c(C)nc(C4CCCN4C(=O)c4cnn(C)c4)nc32)cc1. The summed E-state index contributed by atoms with van der Waals surface area (Å²) in [6, 6.07) is 8.01. The van der Waals surface area contributed by atoms with E-state index in [1.54, 1.807) is 29.0 Å². The Balaban J connectivity index is 1.49. The smallest absolute Gasteiger partial charge is 0.257 e. The molecule has 4 heterocycles. The lowest BCUT2D eigenvalue weighted by Crippen LogP contribution is -2.37. The van der Waals surface area contributed by atoms with Gasteiger partial charge in [-0.3, -0.25) is 19.2 Å². The van der Waals surface area contributed by atoms with Crippen molar-refractivity contribution < 1.29 is 9.59 Å². The summed E-state index contributed by atoms with van der Waals surface area (Å²) in [6.07, 6.45) is 6.13. The molecule has 170 valence electrons. The van der Waals surface area contributed by atoms with Crippen LogP contribution in [0.4, 0.5) is 5.82 Å². The molecule has 33 heavy (non-hydrogen) atoms. The Bertz CT molecular complexity index is 1220. The Kier molecular flexibility index (Phi) is 5.44. The Morgan fingerprint density at radius 3 is 2.64 bits per heavy atom. The largest absolute Gasteiger partial charge is 0.328 e. The van der Waals surface area contributed by atoms with Gasteiger partial charge in [-0.2, -0.15) is 5.10 Å². The van der Waals surface area contributed by atoms with Gasteiger partial charge in [0.25, 0.3) is 5.91 Å². The minimum Gasteiger partial charge on any atom is -0.328 e. The molecule has 3 aromatic rings. The van der Waals surface area contributed by atoms with Gasteiger partial charge in [0.1, 0.15) is 5.82 Å². The number of amides is 2. The summed E-state index contributed by atoms with van der Waals surface area (Å²) in [7, 11) is 1.80. The average Bonchev–Trinajstić information content (AvgIpc) is 3.46. The highest BCUT2D eigenvalue weighted by Crippen LogP contribution is 2.35. The van der Waals surface area contributed by atoms with Gasteiger partial charge in [-0.15, -0.1) is 0 Å². The van der Waals surface area contributed by atoms with Gasteiger partial charge in [0.05, 0.1) is 24.3 Å². The highest BCUT2D eigenvalue weighted by Gasteiger charge is 2.35. The molecule has 2 aliphatic heterocycles. The van der Waals surface area contributed by atoms with E-state index in [0.717, 1.165) is 29.7 Å². The lowest BCUT2D eigenvalue weighted by Gasteiger charge is -2.31. The minimum atomic E-state index is -0.208. The number of hydrogen-bond acceptors (Lipinski definition) is 5. The number of carbonyl (C=O) groups excluding carboxylic acids is 2. The second-order valence-corrected chi connectivity index (χ2v) is 8.99. The first-order valence-corrected chi connectivity index (χ1v) is 11.4. The maximum absolute atomic E-state index is 13.2. The van der Waals surface area contributed by atoms with Gasteiger partial charge in [0.2, 0.25) is 5.91 Å². The number of likely N-dealkylation sites (tertiary alicyclic amines) is 1. The molecular weight excluding hydrogens is 416 g/mol. The van der Waals surface area contributed by atoms with Crippen LogP contribution in [0.25, 0.3) is 0 Å². The van der Waals surface area contributed by atoms with Gasteiger partial charge in [0.15, 0.2) is 5.82 Å². The van der Waals surface area contributed by atoms with Gasteiger partial charge >= 0.3 is 0 Å². The maximum Gasteiger partial charge on any atom is 0.257 e. The predicted molar refractivity (Wildman–Crippen MR) is 124 cm³/mol. The Morgan fingerprint density at radius 2 is 1.91 bits per heavy atom. The summed E-state index contributed by atoms with van der Waals surface area (Å²) in [5.74, 6) is 1.32. The molecule has 2 aliphatic rings. The Labute approximate surface area is 193 Å². The molecule has 0 N–H and O–H groups in total. The third-order valence-electron chi connectivity index (χ3n) is 6.58. The van der Waals surface area contributed by atoms with Crippen molar-refractivity contribution in [2.45, 2.75) is 52.1 Å². The van der Waals surface area contributed by atoms with Crippen LogP contribution in [0.2, 0.25) is 0 Å². The zero-order chi connectivity index (χ0) is 23.1. The number of carbonyl (C=O) groups is 2. The van der Waals surface area contributed by atoms with E-state index in [2.05, 4.69) is 29.4 Å². The zero-order valence-corrected chi connectivity index (χ0v) is 19.3. The first kappa shape index (κ1) is 21.3. The number of aromatic nitrogens is 4. The highest BCUT2D eigenvalue weighted by atomic mass is 16.2. The van der Waals surface area contributed by atoms with Crippen LogP contribution in [0.15, 0.2) is 36.7 Å². The van der Waals surface area contributed by atoms with Crippen LogP contribution < -0.4 is 4.90 Å². The van der Waals surface area contributed by atoms with Crippen LogP contribution in [0, 0.1) is 13.8 Å². The van der Waals surface area contributed by atoms with Crippen molar-refractivity contribution in [3.8, 4) is 0 Å². The van der Waals surface area contributed by atoms with Crippen molar-refractivity contribution in [2.24, 2.45) is 7.05 Å². The molecule has 1 unspecified atom stereocenters. The molecule has 5 rings (SSSR count). The molecule has 8 heteroatoms. The van der Waals surface area contributed by atoms with Crippen molar-refractivity contribution in [1.29, 1.82) is 0 Å². The van der Waals surface area contributed by atoms with E-state index in [1.807, 2.05) is 18.7 Å². The summed E-state index contributed by atoms with van der Waals surface area (Å²) < 4.78 is 1.63. The van der Waals surface area contributed by atoms with Crippen molar-refractivity contribution in [2.75, 3.05) is 11.4 Å². The zero-order valence-electron chi connectivity index (χ0n) is 19.3. The van der Waals surface area contributed by atoms with Crippen LogP contribution in [0.1, 0.15) is 63.9 Å². The van der Waals surface area contributed by atoms with Crippen molar-refractivity contribution in [3.63, 3.8) is 0 Å². The number of hydrogen-bond donors (Lipinski definition) is 0. The maximum atomic E-state index is 13.2. The summed E-state index contributed by atoms with van der Waals surface area (Å²) in [6.45, 7) is 5.16. The molecule has 1 saturated heterocycles. The van der Waals surface area contributed by atoms with E-state index in [9.17, 15) is 9.59 Å². The molecule has 2 aromatic heterocycles. The van der Waals surface area contributed by atoms with Gasteiger partial charge in [0, 0.05) is 37.5 Å². The third kappa shape index (κ3) is 4.01. The van der Waals surface area contributed by atoms with E-state index in [1.165, 1.54) is 5.56 Å². The molecule has 1 fully saturated rings. The summed E-state index contributed by atoms with van der Waals surface area (Å²) in [5, 5.41) is 4.14. The van der Waals surface area contributed by atoms with Crippen molar-refractivity contribution in [3.05, 3.63) is 70.4 Å². The quantitative estimate of drug-likeness (QED) is 0.617. The number of benzene rings is 1. The first-order valence-electron chi connectivity index (χ1n) is 11.4. The topological polar surface area (TPSA) is 84.2 Å². The highest BCUT2D eigenvalue weighted by molar-refractivity contribution is 5.95. The van der Waals surface area contributed by atoms with Crippen LogP contribution in [0.3, 0.4) is 0 Å². The van der Waals surface area contributed by atoms with Crippen molar-refractivity contribution in [1.82, 2.24) is 24.6 Å². The van der Waals surface area contributed by atoms with E-state index in [-0.39, 0.29) is 17.9 Å². The molecule has 0 saturated carbocycles. The Morgan fingerprint density at radius 1 is 1.12 bits per heavy atom. The fraction of sp³-hybridized carbons (Fsp3) is 0.400. The van der Waals surface area contributed by atoms with Gasteiger partial charge < -0.3 is 4.90 Å². The van der Waals surface area contributed by atoms with Crippen molar-refractivity contribution >= 4 is 17.6 Å². The standard InChI is InChI=1S/C25H28N6O2/c1-16-6-8-18(9-7-16)14-31-22(32)11-10-20-17(2)27-23(28-24(20)31)21-5-4-12-30(21)25(33)19-13-26-29(3)15-19/h6-9,13,15,21H,4-5,10-12,14H2,1-3H3. The van der Waals surface area contributed by atoms with E-state index >= 15 is 0 Å². The van der Waals surface area contributed by atoms with E-state index < -0.39 is 0 Å². The molecule has 0 bridgehead atoms. The third-order valence-corrected chi connectivity index (χ3v) is 6.58. The number of anilines is 1. The second kappa shape index (κ2) is 8.42. The minimum absolute atomic E-state index is 0.0582. The average molecular weight is 445 g/mol. The molecule has 1 aromatic carbocycles. The van der Waals surface area contributed by atoms with E-state index in [0.29, 0.717) is 43.1 Å². The molecule has 8 nitrogen and oxygen atoms in total. The monoisotopic (exact) mass is 444 g/mol. The fourth-order valence-electron chi connectivity index (χ4n) is 4.77. The van der Waals surface area contributed by atoms with Gasteiger partial charge in [-0.05, 0) is 38.7 Å². The van der Waals surface area contributed by atoms with Gasteiger partial charge in [-0.25, -0.2) is 9.97 Å². The molecule has 0 aliphatic carbocycles. The Hall–Kier alpha value is -3.55. The number of fused-ring (bicyclic) bond motifs is 1. The van der Waals surface area contributed by atoms with Crippen LogP contribution in [-0.2, 0) is 24.8 Å². The molecular formula is C25H28N6O2. The van der Waals surface area contributed by atoms with Crippen LogP contribution in [-0.4, -0.2) is 43.0 Å². The summed E-state index contributed by atoms with van der Waals surface area (Å²) in [5.41, 5.74) is 4.72.